The van der Waals surface area contributed by atoms with Gasteiger partial charge in [-0.15, -0.1) is 0 Å². The van der Waals surface area contributed by atoms with Crippen LogP contribution in [0, 0.1) is 11.3 Å². The molecule has 0 bridgehead atoms. The number of pyridine rings is 1. The lowest BCUT2D eigenvalue weighted by Gasteiger charge is -2.10. The summed E-state index contributed by atoms with van der Waals surface area (Å²) in [6.07, 6.45) is 3.65. The first-order chi connectivity index (χ1) is 9.06. The summed E-state index contributed by atoms with van der Waals surface area (Å²) in [5.74, 6) is 0.0583. The van der Waals surface area contributed by atoms with Crippen LogP contribution in [0.4, 0.5) is 5.82 Å². The number of rotatable bonds is 5. The Labute approximate surface area is 117 Å². The normalized spacial score (nSPS) is 12.4. The number of nitrogens with zero attached hydrogens (tertiary/aromatic N) is 2. The number of carbonyl (C=O) groups is 1. The molecule has 0 aliphatic carbocycles. The zero-order valence-corrected chi connectivity index (χ0v) is 11.5. The van der Waals surface area contributed by atoms with Crippen molar-refractivity contribution in [3.63, 3.8) is 0 Å². The van der Waals surface area contributed by atoms with Crippen molar-refractivity contribution in [2.24, 2.45) is 0 Å². The highest BCUT2D eigenvalue weighted by Gasteiger charge is 2.11. The molecule has 1 rings (SSSR count). The number of hydrogen-bond acceptors (Lipinski definition) is 4. The summed E-state index contributed by atoms with van der Waals surface area (Å²) in [7, 11) is 0. The van der Waals surface area contributed by atoms with E-state index in [-0.39, 0.29) is 11.6 Å². The molecule has 100 valence electrons. The van der Waals surface area contributed by atoms with E-state index in [0.29, 0.717) is 10.8 Å². The number of anilines is 1. The SMILES string of the molecule is CCC(C)NC(=O)/C(C#N)=C\Nc1cc(Cl)ccn1. The van der Waals surface area contributed by atoms with E-state index in [1.165, 1.54) is 12.4 Å². The van der Waals surface area contributed by atoms with Crippen molar-refractivity contribution >= 4 is 23.3 Å². The van der Waals surface area contributed by atoms with E-state index in [1.807, 2.05) is 19.9 Å². The van der Waals surface area contributed by atoms with Gasteiger partial charge in [0, 0.05) is 23.5 Å². The Morgan fingerprint density at radius 2 is 2.42 bits per heavy atom. The molecule has 1 aromatic heterocycles. The van der Waals surface area contributed by atoms with E-state index in [1.54, 1.807) is 12.1 Å². The highest BCUT2D eigenvalue weighted by molar-refractivity contribution is 6.30. The molecule has 0 saturated heterocycles. The van der Waals surface area contributed by atoms with E-state index in [2.05, 4.69) is 15.6 Å². The van der Waals surface area contributed by atoms with Crippen molar-refractivity contribution in [3.8, 4) is 6.07 Å². The highest BCUT2D eigenvalue weighted by Crippen LogP contribution is 2.12. The number of nitrogens with one attached hydrogen (secondary N) is 2. The molecular weight excluding hydrogens is 264 g/mol. The Morgan fingerprint density at radius 3 is 3.00 bits per heavy atom. The number of aromatic nitrogens is 1. The van der Waals surface area contributed by atoms with Crippen molar-refractivity contribution in [1.29, 1.82) is 5.26 Å². The minimum Gasteiger partial charge on any atom is -0.349 e. The fraction of sp³-hybridized carbons (Fsp3) is 0.308. The van der Waals surface area contributed by atoms with Gasteiger partial charge >= 0.3 is 0 Å². The Kier molecular flexibility index (Phi) is 5.83. The van der Waals surface area contributed by atoms with Gasteiger partial charge < -0.3 is 10.6 Å². The zero-order valence-electron chi connectivity index (χ0n) is 10.8. The van der Waals surface area contributed by atoms with Gasteiger partial charge in [0.15, 0.2) is 0 Å². The maximum absolute atomic E-state index is 11.7. The van der Waals surface area contributed by atoms with Gasteiger partial charge in [0.1, 0.15) is 17.5 Å². The molecule has 0 aliphatic heterocycles. The van der Waals surface area contributed by atoms with Crippen LogP contribution in [0.25, 0.3) is 0 Å². The molecule has 1 aromatic rings. The van der Waals surface area contributed by atoms with Crippen LogP contribution in [0.3, 0.4) is 0 Å². The van der Waals surface area contributed by atoms with Crippen LogP contribution in [-0.4, -0.2) is 16.9 Å². The Morgan fingerprint density at radius 1 is 1.68 bits per heavy atom. The first kappa shape index (κ1) is 15.0. The summed E-state index contributed by atoms with van der Waals surface area (Å²) >= 11 is 5.80. The number of carbonyl (C=O) groups excluding carboxylic acids is 1. The van der Waals surface area contributed by atoms with Gasteiger partial charge in [-0.3, -0.25) is 4.79 Å². The third-order valence-electron chi connectivity index (χ3n) is 2.44. The van der Waals surface area contributed by atoms with Gasteiger partial charge in [0.2, 0.25) is 0 Å². The first-order valence-corrected chi connectivity index (χ1v) is 6.23. The van der Waals surface area contributed by atoms with E-state index in [4.69, 9.17) is 16.9 Å². The third-order valence-corrected chi connectivity index (χ3v) is 2.68. The first-order valence-electron chi connectivity index (χ1n) is 5.86. The number of amides is 1. The van der Waals surface area contributed by atoms with Crippen LogP contribution in [0.15, 0.2) is 30.1 Å². The van der Waals surface area contributed by atoms with Crippen LogP contribution < -0.4 is 10.6 Å². The van der Waals surface area contributed by atoms with Gasteiger partial charge in [-0.2, -0.15) is 5.26 Å². The number of halogens is 1. The average molecular weight is 279 g/mol. The van der Waals surface area contributed by atoms with Gasteiger partial charge in [-0.25, -0.2) is 4.98 Å². The standard InChI is InChI=1S/C13H15ClN4O/c1-3-9(2)18-13(19)10(7-15)8-17-12-6-11(14)4-5-16-12/h4-6,8-9H,3H2,1-2H3,(H,16,17)(H,18,19)/b10-8-. The van der Waals surface area contributed by atoms with E-state index in [0.717, 1.165) is 6.42 Å². The molecule has 0 aromatic carbocycles. The fourth-order valence-electron chi connectivity index (χ4n) is 1.18. The predicted octanol–water partition coefficient (Wildman–Crippen LogP) is 2.47. The monoisotopic (exact) mass is 278 g/mol. The maximum Gasteiger partial charge on any atom is 0.263 e. The van der Waals surface area contributed by atoms with Crippen molar-refractivity contribution in [1.82, 2.24) is 10.3 Å². The van der Waals surface area contributed by atoms with Gasteiger partial charge in [-0.1, -0.05) is 18.5 Å². The van der Waals surface area contributed by atoms with Crippen LogP contribution in [0.5, 0.6) is 0 Å². The minimum atomic E-state index is -0.411. The second kappa shape index (κ2) is 7.39. The molecule has 5 nitrogen and oxygen atoms in total. The lowest BCUT2D eigenvalue weighted by Crippen LogP contribution is -2.33. The van der Waals surface area contributed by atoms with Crippen molar-refractivity contribution < 1.29 is 4.79 Å². The molecule has 0 radical (unpaired) electrons. The predicted molar refractivity (Wildman–Crippen MR) is 74.5 cm³/mol. The smallest absolute Gasteiger partial charge is 0.263 e. The average Bonchev–Trinajstić information content (AvgIpc) is 2.39. The van der Waals surface area contributed by atoms with Gasteiger partial charge in [-0.05, 0) is 25.5 Å². The maximum atomic E-state index is 11.7. The van der Waals surface area contributed by atoms with E-state index >= 15 is 0 Å². The highest BCUT2D eigenvalue weighted by atomic mass is 35.5. The van der Waals surface area contributed by atoms with Crippen LogP contribution in [-0.2, 0) is 4.79 Å². The molecular formula is C13H15ClN4O. The van der Waals surface area contributed by atoms with Gasteiger partial charge in [0.05, 0.1) is 0 Å². The summed E-state index contributed by atoms with van der Waals surface area (Å²) in [6, 6.07) is 5.10. The van der Waals surface area contributed by atoms with Crippen molar-refractivity contribution in [2.75, 3.05) is 5.32 Å². The molecule has 1 atom stereocenters. The second-order valence-electron chi connectivity index (χ2n) is 3.96. The molecule has 1 heterocycles. The molecule has 0 aliphatic rings. The summed E-state index contributed by atoms with van der Waals surface area (Å²) in [4.78, 5) is 15.7. The van der Waals surface area contributed by atoms with Crippen LogP contribution in [0.2, 0.25) is 5.02 Å². The number of hydrogen-bond donors (Lipinski definition) is 2. The molecule has 0 saturated carbocycles. The van der Waals surface area contributed by atoms with Crippen LogP contribution >= 0.6 is 11.6 Å². The summed E-state index contributed by atoms with van der Waals surface area (Å²) < 4.78 is 0. The largest absolute Gasteiger partial charge is 0.349 e. The van der Waals surface area contributed by atoms with E-state index in [9.17, 15) is 4.79 Å². The minimum absolute atomic E-state index is 0.0120. The molecule has 0 spiro atoms. The molecule has 1 unspecified atom stereocenters. The lowest BCUT2D eigenvalue weighted by molar-refractivity contribution is -0.117. The van der Waals surface area contributed by atoms with Crippen LogP contribution in [0.1, 0.15) is 20.3 Å². The Balaban J connectivity index is 2.72. The summed E-state index contributed by atoms with van der Waals surface area (Å²) in [5, 5.41) is 15.0. The molecule has 0 fully saturated rings. The van der Waals surface area contributed by atoms with E-state index < -0.39 is 5.91 Å². The zero-order chi connectivity index (χ0) is 14.3. The number of nitriles is 1. The molecule has 19 heavy (non-hydrogen) atoms. The molecule has 6 heteroatoms. The topological polar surface area (TPSA) is 77.8 Å². The molecule has 2 N–H and O–H groups in total. The third kappa shape index (κ3) is 4.98. The van der Waals surface area contributed by atoms with Gasteiger partial charge in [0.25, 0.3) is 5.91 Å². The summed E-state index contributed by atoms with van der Waals surface area (Å²) in [6.45, 7) is 3.83. The quantitative estimate of drug-likeness (QED) is 0.641. The van der Waals surface area contributed by atoms with Crippen molar-refractivity contribution in [2.45, 2.75) is 26.3 Å². The lowest BCUT2D eigenvalue weighted by atomic mass is 10.2. The molecule has 1 amide bonds. The fourth-order valence-corrected chi connectivity index (χ4v) is 1.34. The Hall–Kier alpha value is -2.06. The second-order valence-corrected chi connectivity index (χ2v) is 4.39. The van der Waals surface area contributed by atoms with Crippen molar-refractivity contribution in [3.05, 3.63) is 35.1 Å². The summed E-state index contributed by atoms with van der Waals surface area (Å²) in [5.41, 5.74) is -0.0120. The Bertz CT molecular complexity index is 522.